The van der Waals surface area contributed by atoms with Gasteiger partial charge in [-0.05, 0) is 123 Å². The minimum Gasteiger partial charge on any atom is -0.490 e. The van der Waals surface area contributed by atoms with Crippen molar-refractivity contribution in [2.45, 2.75) is 141 Å². The van der Waals surface area contributed by atoms with E-state index in [4.69, 9.17) is 22.1 Å². The van der Waals surface area contributed by atoms with Crippen LogP contribution in [0, 0.1) is 18.2 Å². The zero-order valence-corrected chi connectivity index (χ0v) is 54.3. The smallest absolute Gasteiger partial charge is 0.396 e. The van der Waals surface area contributed by atoms with Gasteiger partial charge in [0.25, 0.3) is 17.3 Å². The summed E-state index contributed by atoms with van der Waals surface area (Å²) in [6.45, 7) is 8.50. The number of halogens is 2. The summed E-state index contributed by atoms with van der Waals surface area (Å²) in [5.74, 6) is -5.27. The van der Waals surface area contributed by atoms with Gasteiger partial charge in [0.2, 0.25) is 35.4 Å². The lowest BCUT2D eigenvalue weighted by Gasteiger charge is -2.39. The van der Waals surface area contributed by atoms with Crippen LogP contribution in [0.4, 0.5) is 4.39 Å². The van der Waals surface area contributed by atoms with Crippen molar-refractivity contribution >= 4 is 94.2 Å². The van der Waals surface area contributed by atoms with E-state index >= 15 is 0 Å². The SMILES string of the molecule is Cc1ncsc1-c1ccc([C@H](C)NC(=O)[C@@H]2C[C@@H](O)CN2C(=O)[C@@H](NC(=O)CCCc2cccc(OC[C@H](CCC(N)=O)NC(=O)[C@@H]3CC[C@@H]4CCN(C(=O)c5cccc(F)c5)C[C@H](NC(=O)c5cc6cc(C(=O)P(=O)(O)O)ccc6[nH]5)C(=O)N43)c2Cl)C(C)(C)C)cc1. The summed E-state index contributed by atoms with van der Waals surface area (Å²) in [6, 6.07) is 16.3. The van der Waals surface area contributed by atoms with E-state index in [1.54, 1.807) is 44.5 Å². The number of benzene rings is 4. The maximum atomic E-state index is 15.0. The van der Waals surface area contributed by atoms with Crippen LogP contribution < -0.4 is 31.7 Å². The van der Waals surface area contributed by atoms with Crippen molar-refractivity contribution in [1.82, 2.24) is 45.9 Å². The molecule has 0 saturated carbocycles. The van der Waals surface area contributed by atoms with Crippen molar-refractivity contribution in [3.05, 3.63) is 141 Å². The van der Waals surface area contributed by atoms with Crippen LogP contribution in [0.3, 0.4) is 0 Å². The van der Waals surface area contributed by atoms with Crippen molar-refractivity contribution < 1.29 is 71.7 Å². The van der Waals surface area contributed by atoms with Crippen LogP contribution in [0.1, 0.15) is 133 Å². The zero-order valence-electron chi connectivity index (χ0n) is 51.9. The van der Waals surface area contributed by atoms with Crippen LogP contribution in [0.2, 0.25) is 5.02 Å². The van der Waals surface area contributed by atoms with E-state index < -0.39 is 127 Å². The normalized spacial score (nSPS) is 19.4. The van der Waals surface area contributed by atoms with E-state index in [1.807, 2.05) is 38.1 Å². The molecule has 3 saturated heterocycles. The third kappa shape index (κ3) is 16.7. The molecule has 3 fully saturated rings. The number of hydrogen-bond acceptors (Lipinski definition) is 14. The molecule has 4 aromatic carbocycles. The van der Waals surface area contributed by atoms with Crippen LogP contribution in [-0.2, 0) is 39.8 Å². The molecule has 0 spiro atoms. The molecule has 0 radical (unpaired) electrons. The third-order valence-electron chi connectivity index (χ3n) is 17.0. The van der Waals surface area contributed by atoms with E-state index in [9.17, 15) is 67.0 Å². The number of thiazole rings is 1. The Kier molecular flexibility index (Phi) is 21.7. The van der Waals surface area contributed by atoms with Gasteiger partial charge in [0.05, 0.1) is 45.8 Å². The number of amides is 8. The second-order valence-corrected chi connectivity index (χ2v) is 27.6. The van der Waals surface area contributed by atoms with E-state index in [-0.39, 0.29) is 97.6 Å². The summed E-state index contributed by atoms with van der Waals surface area (Å²) in [5.41, 5.74) is 8.40. The Labute approximate surface area is 544 Å². The van der Waals surface area contributed by atoms with Gasteiger partial charge < -0.3 is 66.3 Å². The fraction of sp³-hybridized carbons (Fsp3) is 0.415. The number of rotatable bonds is 23. The maximum absolute atomic E-state index is 15.0. The van der Waals surface area contributed by atoms with Crippen molar-refractivity contribution in [2.75, 3.05) is 26.2 Å². The Bertz CT molecular complexity index is 3890. The molecule has 0 bridgehead atoms. The molecule has 6 aromatic rings. The van der Waals surface area contributed by atoms with Gasteiger partial charge in [0.1, 0.15) is 48.0 Å². The summed E-state index contributed by atoms with van der Waals surface area (Å²) in [7, 11) is -5.14. The molecule has 9 rings (SSSR count). The molecule has 28 heteroatoms. The number of likely N-dealkylation sites (tertiary alicyclic amines) is 1. The van der Waals surface area contributed by atoms with Crippen molar-refractivity contribution in [1.29, 1.82) is 0 Å². The number of primary amides is 1. The Morgan fingerprint density at radius 3 is 2.31 bits per heavy atom. The minimum atomic E-state index is -5.14. The number of hydrogen-bond donors (Lipinski definition) is 9. The first-order chi connectivity index (χ1) is 44.0. The standard InChI is InChI=1S/C65H75ClFN10O14PS/c1-35(37-15-17-39(18-16-37)56-36(2)69-34-93-56)70-60(83)51-30-46(78)31-76(51)63(86)57(65(3,4)5)74-54(80)14-8-10-38-9-7-13-52(55(38)66)91-33-44(20-24-53(68)79)71-59(82)50-23-21-45-25-26-75(61(84)40-11-6-12-43(67)28-40)32-49(62(85)77(45)50)73-58(81)48-29-42-27-41(19-22-47(42)72-48)64(87)92(88,89)90/h6-7,9,11-13,15-19,22,27-29,34-35,44-46,49-51,57,72,78H,8,10,14,20-21,23-26,30-33H2,1-5H3,(H2,68,79)(H,70,83)(H,71,82)(H,73,81)(H,74,80)(H2,88,89,90)/t35-,44-,45+,46+,49-,50-,51-,57+/m0/s1. The number of nitrogens with one attached hydrogen (secondary N) is 5. The number of aliphatic hydroxyl groups is 1. The third-order valence-corrected chi connectivity index (χ3v) is 19.2. The average molecular weight is 1340 g/mol. The highest BCUT2D eigenvalue weighted by molar-refractivity contribution is 7.70. The van der Waals surface area contributed by atoms with Gasteiger partial charge in [-0.2, -0.15) is 0 Å². The van der Waals surface area contributed by atoms with Gasteiger partial charge in [-0.25, -0.2) is 9.37 Å². The molecule has 494 valence electrons. The lowest BCUT2D eigenvalue weighted by molar-refractivity contribution is -0.144. The van der Waals surface area contributed by atoms with Gasteiger partial charge in [-0.1, -0.05) is 74.8 Å². The van der Waals surface area contributed by atoms with Gasteiger partial charge in [0.15, 0.2) is 0 Å². The molecule has 8 atom stereocenters. The molecule has 5 heterocycles. The Morgan fingerprint density at radius 1 is 0.892 bits per heavy atom. The minimum absolute atomic E-state index is 0.00402. The second kappa shape index (κ2) is 29.3. The summed E-state index contributed by atoms with van der Waals surface area (Å²) >= 11 is 8.48. The monoisotopic (exact) mass is 1340 g/mol. The number of fused-ring (bicyclic) bond motifs is 2. The summed E-state index contributed by atoms with van der Waals surface area (Å²) in [6.07, 6.45) is 0.145. The van der Waals surface area contributed by atoms with Crippen molar-refractivity contribution in [3.63, 3.8) is 0 Å². The first-order valence-electron chi connectivity index (χ1n) is 30.5. The number of aryl methyl sites for hydroxylation is 2. The number of aromatic amines is 1. The van der Waals surface area contributed by atoms with Crippen molar-refractivity contribution in [3.8, 4) is 16.2 Å². The number of nitrogens with two attached hydrogens (primary N) is 1. The number of H-pyrrole nitrogens is 1. The Hall–Kier alpha value is -8.39. The quantitative estimate of drug-likeness (QED) is 0.0321. The highest BCUT2D eigenvalue weighted by atomic mass is 35.5. The average Bonchev–Trinajstić information content (AvgIpc) is 1.71. The number of nitrogens with zero attached hydrogens (tertiary/aromatic N) is 4. The van der Waals surface area contributed by atoms with Gasteiger partial charge in [0, 0.05) is 60.4 Å². The van der Waals surface area contributed by atoms with Gasteiger partial charge in [-0.15, -0.1) is 11.3 Å². The van der Waals surface area contributed by atoms with Crippen LogP contribution in [0.25, 0.3) is 21.3 Å². The van der Waals surface area contributed by atoms with E-state index in [0.29, 0.717) is 23.9 Å². The Balaban J connectivity index is 0.826. The fourth-order valence-corrected chi connectivity index (χ4v) is 13.6. The summed E-state index contributed by atoms with van der Waals surface area (Å²) in [5, 5.41) is 22.8. The maximum Gasteiger partial charge on any atom is 0.396 e. The van der Waals surface area contributed by atoms with Crippen LogP contribution in [0.5, 0.6) is 5.75 Å². The topological polar surface area (TPSA) is 353 Å². The van der Waals surface area contributed by atoms with Crippen LogP contribution >= 0.6 is 30.5 Å². The number of aliphatic hydroxyl groups excluding tert-OH is 1. The highest BCUT2D eigenvalue weighted by Crippen LogP contribution is 2.40. The van der Waals surface area contributed by atoms with Crippen LogP contribution in [-0.4, -0.2) is 161 Å². The summed E-state index contributed by atoms with van der Waals surface area (Å²) < 4.78 is 32.3. The fourth-order valence-electron chi connectivity index (χ4n) is 12.1. The number of carbonyl (C=O) groups excluding carboxylic acids is 9. The highest BCUT2D eigenvalue weighted by Gasteiger charge is 2.47. The van der Waals surface area contributed by atoms with Crippen LogP contribution in [0.15, 0.2) is 96.5 Å². The zero-order chi connectivity index (χ0) is 67.2. The lowest BCUT2D eigenvalue weighted by Crippen LogP contribution is -2.61. The van der Waals surface area contributed by atoms with Gasteiger partial charge >= 0.3 is 7.60 Å². The predicted octanol–water partition coefficient (Wildman–Crippen LogP) is 6.24. The number of aromatic nitrogens is 2. The van der Waals surface area contributed by atoms with Gasteiger partial charge in [-0.3, -0.25) is 47.7 Å². The molecule has 0 unspecified atom stereocenters. The second-order valence-electron chi connectivity index (χ2n) is 24.9. The number of β-amino-alcohol motifs (C(OH)–C–C–N with tert-alkyl or cyclic N) is 1. The molecule has 3 aliphatic heterocycles. The molecule has 10 N–H and O–H groups in total. The number of ether oxygens (including phenoxy) is 1. The summed E-state index contributed by atoms with van der Waals surface area (Å²) in [4.78, 5) is 155. The van der Waals surface area contributed by atoms with E-state index in [0.717, 1.165) is 27.8 Å². The molecular weight excluding hydrogens is 1260 g/mol. The Morgan fingerprint density at radius 2 is 1.62 bits per heavy atom. The van der Waals surface area contributed by atoms with E-state index in [2.05, 4.69) is 31.2 Å². The largest absolute Gasteiger partial charge is 0.490 e. The molecule has 8 amide bonds. The molecule has 3 aliphatic rings. The molecule has 2 aromatic heterocycles. The first-order valence-corrected chi connectivity index (χ1v) is 33.4. The lowest BCUT2D eigenvalue weighted by atomic mass is 9.85. The molecule has 0 aliphatic carbocycles. The van der Waals surface area contributed by atoms with Crippen molar-refractivity contribution in [2.24, 2.45) is 11.1 Å². The number of carbonyl (C=O) groups is 9. The van der Waals surface area contributed by atoms with E-state index in [1.165, 1.54) is 68.5 Å². The predicted molar refractivity (Wildman–Crippen MR) is 343 cm³/mol. The molecular formula is C65H75ClFN10O14PS. The molecule has 93 heavy (non-hydrogen) atoms. The molecule has 24 nitrogen and oxygen atoms in total. The first kappa shape index (κ1) is 69.0.